The fourth-order valence-corrected chi connectivity index (χ4v) is 5.16. The lowest BCUT2D eigenvalue weighted by atomic mass is 10.3. The summed E-state index contributed by atoms with van der Waals surface area (Å²) in [4.78, 5) is 30.6. The molecule has 2 amide bonds. The molecule has 0 spiro atoms. The van der Waals surface area contributed by atoms with E-state index in [4.69, 9.17) is 0 Å². The van der Waals surface area contributed by atoms with E-state index in [1.807, 2.05) is 18.2 Å². The molecule has 2 aromatic heterocycles. The summed E-state index contributed by atoms with van der Waals surface area (Å²) >= 11 is 6.34. The van der Waals surface area contributed by atoms with Crippen molar-refractivity contribution in [1.29, 1.82) is 0 Å². The van der Waals surface area contributed by atoms with Crippen molar-refractivity contribution in [2.75, 3.05) is 12.3 Å². The van der Waals surface area contributed by atoms with Crippen LogP contribution in [0.25, 0.3) is 5.65 Å². The Morgan fingerprint density at radius 1 is 1.30 bits per heavy atom. The third-order valence-corrected chi connectivity index (χ3v) is 6.59. The highest BCUT2D eigenvalue weighted by atomic mass is 79.9. The van der Waals surface area contributed by atoms with Crippen LogP contribution in [-0.2, 0) is 4.79 Å². The average Bonchev–Trinajstić information content (AvgIpc) is 3.14. The SMILES string of the molecule is CCCC=C1SC(=O)N(CCCCSc2cccc3ncc(Br)n23)C1=O.Cl. The number of carbonyl (C=O) groups is 2. The van der Waals surface area contributed by atoms with Gasteiger partial charge in [0.2, 0.25) is 0 Å². The number of imide groups is 1. The van der Waals surface area contributed by atoms with Gasteiger partial charge in [-0.15, -0.1) is 24.2 Å². The van der Waals surface area contributed by atoms with Gasteiger partial charge in [0.25, 0.3) is 11.1 Å². The smallest absolute Gasteiger partial charge is 0.281 e. The molecule has 1 aliphatic rings. The van der Waals surface area contributed by atoms with Gasteiger partial charge in [-0.1, -0.05) is 25.5 Å². The van der Waals surface area contributed by atoms with Crippen LogP contribution in [0.3, 0.4) is 0 Å². The summed E-state index contributed by atoms with van der Waals surface area (Å²) < 4.78 is 3.01. The van der Waals surface area contributed by atoms with Crippen molar-refractivity contribution < 1.29 is 9.59 Å². The molecule has 0 unspecified atom stereocenters. The standard InChI is InChI=1S/C18H20BrN3O2S2.ClH/c1-2-3-7-13-17(23)21(18(24)26-13)10-4-5-11-25-16-9-6-8-15-20-12-14(19)22(15)16;/h6-9,12H,2-5,10-11H2,1H3;1H. The molecule has 0 aromatic carbocycles. The Morgan fingerprint density at radius 3 is 2.89 bits per heavy atom. The van der Waals surface area contributed by atoms with Crippen LogP contribution in [0.2, 0.25) is 0 Å². The fraction of sp³-hybridized carbons (Fsp3) is 0.389. The summed E-state index contributed by atoms with van der Waals surface area (Å²) in [6, 6.07) is 6.04. The van der Waals surface area contributed by atoms with Gasteiger partial charge in [-0.25, -0.2) is 4.98 Å². The van der Waals surface area contributed by atoms with Gasteiger partial charge in [-0.3, -0.25) is 18.9 Å². The quantitative estimate of drug-likeness (QED) is 0.267. The van der Waals surface area contributed by atoms with Gasteiger partial charge in [-0.2, -0.15) is 0 Å². The van der Waals surface area contributed by atoms with Crippen LogP contribution in [0.1, 0.15) is 32.6 Å². The molecule has 146 valence electrons. The number of aromatic nitrogens is 2. The number of thioether (sulfide) groups is 2. The number of pyridine rings is 1. The summed E-state index contributed by atoms with van der Waals surface area (Å²) in [7, 11) is 0. The maximum Gasteiger partial charge on any atom is 0.293 e. The predicted octanol–water partition coefficient (Wildman–Crippen LogP) is 5.77. The molecule has 9 heteroatoms. The van der Waals surface area contributed by atoms with Crippen molar-refractivity contribution >= 4 is 68.7 Å². The van der Waals surface area contributed by atoms with Gasteiger partial charge in [0.1, 0.15) is 10.3 Å². The summed E-state index contributed by atoms with van der Waals surface area (Å²) in [5.74, 6) is 0.791. The van der Waals surface area contributed by atoms with Gasteiger partial charge in [0, 0.05) is 6.54 Å². The number of allylic oxidation sites excluding steroid dienone is 1. The van der Waals surface area contributed by atoms with E-state index in [1.165, 1.54) is 4.90 Å². The molecule has 1 aliphatic heterocycles. The van der Waals surface area contributed by atoms with Gasteiger partial charge in [0.05, 0.1) is 16.1 Å². The number of unbranched alkanes of at least 4 members (excludes halogenated alkanes) is 2. The Kier molecular flexibility index (Phi) is 8.72. The number of amides is 2. The van der Waals surface area contributed by atoms with Gasteiger partial charge >= 0.3 is 0 Å². The lowest BCUT2D eigenvalue weighted by molar-refractivity contribution is -0.122. The average molecular weight is 491 g/mol. The van der Waals surface area contributed by atoms with Crippen molar-refractivity contribution in [3.8, 4) is 0 Å². The van der Waals surface area contributed by atoms with Crippen LogP contribution in [-0.4, -0.2) is 37.7 Å². The first-order chi connectivity index (χ1) is 12.6. The molecule has 27 heavy (non-hydrogen) atoms. The van der Waals surface area contributed by atoms with Crippen molar-refractivity contribution in [1.82, 2.24) is 14.3 Å². The molecule has 2 aromatic rings. The minimum atomic E-state index is -0.142. The molecule has 5 nitrogen and oxygen atoms in total. The zero-order valence-corrected chi connectivity index (χ0v) is 18.9. The maximum absolute atomic E-state index is 12.3. The number of carbonyl (C=O) groups excluding carboxylic acids is 2. The molecule has 1 fully saturated rings. The lowest BCUT2D eigenvalue weighted by Gasteiger charge is -2.12. The number of rotatable bonds is 8. The summed E-state index contributed by atoms with van der Waals surface area (Å²) in [5, 5.41) is 0.984. The molecule has 3 rings (SSSR count). The Labute approximate surface area is 181 Å². The Hall–Kier alpha value is -0.960. The lowest BCUT2D eigenvalue weighted by Crippen LogP contribution is -2.29. The summed E-state index contributed by atoms with van der Waals surface area (Å²) in [6.07, 6.45) is 7.23. The highest BCUT2D eigenvalue weighted by Gasteiger charge is 2.34. The predicted molar refractivity (Wildman–Crippen MR) is 118 cm³/mol. The molecular weight excluding hydrogens is 470 g/mol. The Balaban J connectivity index is 0.00000261. The zero-order chi connectivity index (χ0) is 18.5. The largest absolute Gasteiger partial charge is 0.293 e. The number of nitrogens with zero attached hydrogens (tertiary/aromatic N) is 3. The molecule has 0 radical (unpaired) electrons. The minimum absolute atomic E-state index is 0. The third-order valence-electron chi connectivity index (χ3n) is 3.97. The van der Waals surface area contributed by atoms with E-state index in [9.17, 15) is 9.59 Å². The van der Waals surface area contributed by atoms with Crippen LogP contribution < -0.4 is 0 Å². The number of halogens is 2. The van der Waals surface area contributed by atoms with E-state index in [-0.39, 0.29) is 23.6 Å². The molecule has 1 saturated heterocycles. The van der Waals surface area contributed by atoms with Gasteiger partial charge in [-0.05, 0) is 64.8 Å². The highest BCUT2D eigenvalue weighted by molar-refractivity contribution is 9.10. The van der Waals surface area contributed by atoms with Crippen LogP contribution in [0.4, 0.5) is 4.79 Å². The summed E-state index contributed by atoms with van der Waals surface area (Å²) in [6.45, 7) is 2.55. The Morgan fingerprint density at radius 2 is 2.11 bits per heavy atom. The third kappa shape index (κ3) is 5.31. The molecule has 0 saturated carbocycles. The molecule has 0 N–H and O–H groups in total. The summed E-state index contributed by atoms with van der Waals surface area (Å²) in [5.41, 5.74) is 0.915. The first-order valence-corrected chi connectivity index (χ1v) is 11.2. The van der Waals surface area contributed by atoms with Crippen molar-refractivity contribution in [3.63, 3.8) is 0 Å². The van der Waals surface area contributed by atoms with E-state index in [1.54, 1.807) is 18.0 Å². The van der Waals surface area contributed by atoms with Crippen LogP contribution >= 0.6 is 51.9 Å². The Bertz CT molecular complexity index is 856. The van der Waals surface area contributed by atoms with Crippen LogP contribution in [0.5, 0.6) is 0 Å². The normalized spacial score (nSPS) is 15.8. The molecule has 0 aliphatic carbocycles. The first-order valence-electron chi connectivity index (χ1n) is 8.60. The minimum Gasteiger partial charge on any atom is -0.281 e. The zero-order valence-electron chi connectivity index (χ0n) is 14.9. The molecule has 0 atom stereocenters. The molecule has 0 bridgehead atoms. The van der Waals surface area contributed by atoms with Crippen LogP contribution in [0.15, 0.2) is 45.0 Å². The van der Waals surface area contributed by atoms with Gasteiger partial charge in [0.15, 0.2) is 0 Å². The highest BCUT2D eigenvalue weighted by Crippen LogP contribution is 2.31. The van der Waals surface area contributed by atoms with E-state index < -0.39 is 0 Å². The monoisotopic (exact) mass is 489 g/mol. The van der Waals surface area contributed by atoms with Crippen molar-refractivity contribution in [2.45, 2.75) is 37.6 Å². The van der Waals surface area contributed by atoms with Crippen molar-refractivity contribution in [2.24, 2.45) is 0 Å². The van der Waals surface area contributed by atoms with E-state index >= 15 is 0 Å². The maximum atomic E-state index is 12.3. The second-order valence-corrected chi connectivity index (χ2v) is 8.80. The van der Waals surface area contributed by atoms with E-state index in [0.717, 1.165) is 58.5 Å². The van der Waals surface area contributed by atoms with Crippen molar-refractivity contribution in [3.05, 3.63) is 40.0 Å². The second kappa shape index (κ2) is 10.5. The fourth-order valence-electron chi connectivity index (χ4n) is 2.64. The second-order valence-electron chi connectivity index (χ2n) is 5.88. The topological polar surface area (TPSA) is 54.7 Å². The van der Waals surface area contributed by atoms with Gasteiger partial charge < -0.3 is 0 Å². The number of hydrogen-bond donors (Lipinski definition) is 0. The van der Waals surface area contributed by atoms with E-state index in [2.05, 4.69) is 38.3 Å². The molecule has 3 heterocycles. The number of fused-ring (bicyclic) bond motifs is 1. The number of imidazole rings is 1. The first kappa shape index (κ1) is 22.3. The van der Waals surface area contributed by atoms with E-state index in [0.29, 0.717) is 11.4 Å². The number of hydrogen-bond acceptors (Lipinski definition) is 5. The molecular formula is C18H21BrClN3O2S2. The van der Waals surface area contributed by atoms with Crippen LogP contribution in [0, 0.1) is 0 Å².